The Morgan fingerprint density at radius 3 is 2.72 bits per heavy atom. The molecule has 0 aliphatic rings. The average molecular weight is 270 g/mol. The second-order valence-electron chi connectivity index (χ2n) is 4.76. The van der Waals surface area contributed by atoms with Crippen LogP contribution in [0.2, 0.25) is 0 Å². The molecule has 1 amide bonds. The third kappa shape index (κ3) is 4.56. The van der Waals surface area contributed by atoms with E-state index in [9.17, 15) is 9.18 Å². The van der Waals surface area contributed by atoms with Crippen LogP contribution in [-0.4, -0.2) is 17.2 Å². The van der Waals surface area contributed by atoms with Crippen LogP contribution in [0, 0.1) is 5.82 Å². The van der Waals surface area contributed by atoms with Gasteiger partial charge in [0.2, 0.25) is 5.91 Å². The molecule has 100 valence electrons. The summed E-state index contributed by atoms with van der Waals surface area (Å²) >= 11 is 1.17. The van der Waals surface area contributed by atoms with Crippen molar-refractivity contribution in [3.05, 3.63) is 24.0 Å². The van der Waals surface area contributed by atoms with Crippen LogP contribution in [0.15, 0.2) is 23.1 Å². The third-order valence-electron chi connectivity index (χ3n) is 2.68. The number of nitrogens with two attached hydrogens (primary N) is 1. The SMILES string of the molecule is CCC(C)(C)NC(=O)CSc1ccc(N)cc1F. The zero-order valence-corrected chi connectivity index (χ0v) is 11.7. The van der Waals surface area contributed by atoms with Gasteiger partial charge >= 0.3 is 0 Å². The molecule has 3 nitrogen and oxygen atoms in total. The lowest BCUT2D eigenvalue weighted by Gasteiger charge is -2.24. The second-order valence-corrected chi connectivity index (χ2v) is 5.78. The lowest BCUT2D eigenvalue weighted by Crippen LogP contribution is -2.43. The van der Waals surface area contributed by atoms with Crippen LogP contribution in [-0.2, 0) is 4.79 Å². The molecule has 18 heavy (non-hydrogen) atoms. The highest BCUT2D eigenvalue weighted by molar-refractivity contribution is 8.00. The maximum Gasteiger partial charge on any atom is 0.230 e. The highest BCUT2D eigenvalue weighted by Crippen LogP contribution is 2.23. The predicted molar refractivity (Wildman–Crippen MR) is 74.0 cm³/mol. The van der Waals surface area contributed by atoms with Crippen LogP contribution in [0.4, 0.5) is 10.1 Å². The highest BCUT2D eigenvalue weighted by atomic mass is 32.2. The van der Waals surface area contributed by atoms with Gasteiger partial charge in [0, 0.05) is 16.1 Å². The molecule has 0 aliphatic carbocycles. The van der Waals surface area contributed by atoms with Crippen molar-refractivity contribution in [1.82, 2.24) is 5.32 Å². The monoisotopic (exact) mass is 270 g/mol. The number of hydrogen-bond donors (Lipinski definition) is 2. The summed E-state index contributed by atoms with van der Waals surface area (Å²) in [6, 6.07) is 4.48. The second kappa shape index (κ2) is 6.09. The van der Waals surface area contributed by atoms with Gasteiger partial charge < -0.3 is 11.1 Å². The van der Waals surface area contributed by atoms with Crippen molar-refractivity contribution in [3.63, 3.8) is 0 Å². The van der Waals surface area contributed by atoms with Crippen LogP contribution in [0.1, 0.15) is 27.2 Å². The number of benzene rings is 1. The molecule has 0 radical (unpaired) electrons. The molecule has 0 aliphatic heterocycles. The van der Waals surface area contributed by atoms with Crippen molar-refractivity contribution < 1.29 is 9.18 Å². The van der Waals surface area contributed by atoms with Crippen molar-refractivity contribution >= 4 is 23.4 Å². The minimum absolute atomic E-state index is 0.0944. The Labute approximate surface area is 111 Å². The Bertz CT molecular complexity index is 435. The molecule has 0 saturated carbocycles. The molecular weight excluding hydrogens is 251 g/mol. The number of halogens is 1. The van der Waals surface area contributed by atoms with Gasteiger partial charge in [-0.2, -0.15) is 0 Å². The van der Waals surface area contributed by atoms with Gasteiger partial charge in [-0.25, -0.2) is 4.39 Å². The van der Waals surface area contributed by atoms with E-state index in [4.69, 9.17) is 5.73 Å². The normalized spacial score (nSPS) is 11.3. The Morgan fingerprint density at radius 1 is 1.50 bits per heavy atom. The number of rotatable bonds is 5. The quantitative estimate of drug-likeness (QED) is 0.639. The summed E-state index contributed by atoms with van der Waals surface area (Å²) in [5.74, 6) is -0.282. The minimum Gasteiger partial charge on any atom is -0.399 e. The lowest BCUT2D eigenvalue weighted by molar-refractivity contribution is -0.120. The van der Waals surface area contributed by atoms with E-state index in [1.54, 1.807) is 12.1 Å². The van der Waals surface area contributed by atoms with Gasteiger partial charge in [0.15, 0.2) is 0 Å². The number of carbonyl (C=O) groups excluding carboxylic acids is 1. The smallest absolute Gasteiger partial charge is 0.230 e. The molecular formula is C13H19FN2OS. The number of nitrogens with one attached hydrogen (secondary N) is 1. The lowest BCUT2D eigenvalue weighted by atomic mass is 10.0. The first-order chi connectivity index (χ1) is 8.34. The van der Waals surface area contributed by atoms with E-state index in [0.29, 0.717) is 10.6 Å². The molecule has 0 saturated heterocycles. The molecule has 0 fully saturated rings. The van der Waals surface area contributed by atoms with Crippen LogP contribution in [0.5, 0.6) is 0 Å². The van der Waals surface area contributed by atoms with Gasteiger partial charge in [-0.3, -0.25) is 4.79 Å². The highest BCUT2D eigenvalue weighted by Gasteiger charge is 2.17. The number of hydrogen-bond acceptors (Lipinski definition) is 3. The fourth-order valence-electron chi connectivity index (χ4n) is 1.28. The van der Waals surface area contributed by atoms with E-state index in [1.807, 2.05) is 20.8 Å². The van der Waals surface area contributed by atoms with Crippen molar-refractivity contribution in [1.29, 1.82) is 0 Å². The number of thioether (sulfide) groups is 1. The van der Waals surface area contributed by atoms with E-state index in [2.05, 4.69) is 5.32 Å². The Hall–Kier alpha value is -1.23. The van der Waals surface area contributed by atoms with Crippen LogP contribution in [0.25, 0.3) is 0 Å². The van der Waals surface area contributed by atoms with Gasteiger partial charge in [-0.15, -0.1) is 11.8 Å². The molecule has 0 heterocycles. The van der Waals surface area contributed by atoms with Gasteiger partial charge in [-0.05, 0) is 38.5 Å². The van der Waals surface area contributed by atoms with Crippen molar-refractivity contribution in [3.8, 4) is 0 Å². The van der Waals surface area contributed by atoms with E-state index in [-0.39, 0.29) is 23.0 Å². The Kier molecular flexibility index (Phi) is 5.02. The van der Waals surface area contributed by atoms with E-state index >= 15 is 0 Å². The Balaban J connectivity index is 2.53. The summed E-state index contributed by atoms with van der Waals surface area (Å²) in [4.78, 5) is 12.1. The number of anilines is 1. The van der Waals surface area contributed by atoms with Gasteiger partial charge in [0.25, 0.3) is 0 Å². The van der Waals surface area contributed by atoms with E-state index in [1.165, 1.54) is 17.8 Å². The fourth-order valence-corrected chi connectivity index (χ4v) is 2.00. The zero-order valence-electron chi connectivity index (χ0n) is 10.9. The van der Waals surface area contributed by atoms with Crippen molar-refractivity contribution in [2.45, 2.75) is 37.6 Å². The van der Waals surface area contributed by atoms with Crippen molar-refractivity contribution in [2.24, 2.45) is 0 Å². The van der Waals surface area contributed by atoms with Crippen LogP contribution < -0.4 is 11.1 Å². The third-order valence-corrected chi connectivity index (χ3v) is 3.73. The summed E-state index contributed by atoms with van der Waals surface area (Å²) in [7, 11) is 0. The molecule has 5 heteroatoms. The molecule has 0 atom stereocenters. The summed E-state index contributed by atoms with van der Waals surface area (Å²) < 4.78 is 13.5. The Morgan fingerprint density at radius 2 is 2.17 bits per heavy atom. The summed E-state index contributed by atoms with van der Waals surface area (Å²) in [5, 5.41) is 2.90. The molecule has 0 aromatic heterocycles. The summed E-state index contributed by atoms with van der Waals surface area (Å²) in [6.07, 6.45) is 0.847. The van der Waals surface area contributed by atoms with Crippen LogP contribution >= 0.6 is 11.8 Å². The predicted octanol–water partition coefficient (Wildman–Crippen LogP) is 2.80. The maximum absolute atomic E-state index is 13.5. The largest absolute Gasteiger partial charge is 0.399 e. The molecule has 0 unspecified atom stereocenters. The van der Waals surface area contributed by atoms with Gasteiger partial charge in [0.1, 0.15) is 5.82 Å². The van der Waals surface area contributed by atoms with E-state index < -0.39 is 0 Å². The number of nitrogen functional groups attached to an aromatic ring is 1. The first kappa shape index (κ1) is 14.8. The first-order valence-electron chi connectivity index (χ1n) is 5.83. The zero-order chi connectivity index (χ0) is 13.8. The van der Waals surface area contributed by atoms with E-state index in [0.717, 1.165) is 6.42 Å². The molecule has 0 bridgehead atoms. The van der Waals surface area contributed by atoms with Crippen LogP contribution in [0.3, 0.4) is 0 Å². The standard InChI is InChI=1S/C13H19FN2OS/c1-4-13(2,3)16-12(17)8-18-11-6-5-9(15)7-10(11)14/h5-7H,4,8,15H2,1-3H3,(H,16,17). The van der Waals surface area contributed by atoms with Gasteiger partial charge in [0.05, 0.1) is 5.75 Å². The topological polar surface area (TPSA) is 55.1 Å². The molecule has 1 aromatic rings. The number of amides is 1. The average Bonchev–Trinajstić information content (AvgIpc) is 2.27. The van der Waals surface area contributed by atoms with Crippen molar-refractivity contribution in [2.75, 3.05) is 11.5 Å². The molecule has 3 N–H and O–H groups in total. The molecule has 0 spiro atoms. The molecule has 1 rings (SSSR count). The molecule has 1 aromatic carbocycles. The first-order valence-corrected chi connectivity index (χ1v) is 6.81. The summed E-state index contributed by atoms with van der Waals surface area (Å²) in [5.41, 5.74) is 5.61. The van der Waals surface area contributed by atoms with Gasteiger partial charge in [-0.1, -0.05) is 6.92 Å². The fraction of sp³-hybridized carbons (Fsp3) is 0.462. The maximum atomic E-state index is 13.5. The number of carbonyl (C=O) groups is 1. The summed E-state index contributed by atoms with van der Waals surface area (Å²) in [6.45, 7) is 5.92. The minimum atomic E-state index is -0.387.